The van der Waals surface area contributed by atoms with Crippen LogP contribution in [0.5, 0.6) is 0 Å². The van der Waals surface area contributed by atoms with Crippen LogP contribution in [-0.2, 0) is 14.3 Å². The number of carbonyl (C=O) groups excluding carboxylic acids is 2. The fourth-order valence-corrected chi connectivity index (χ4v) is 2.63. The average molecular weight is 373 g/mol. The molecule has 0 aromatic heterocycles. The SMILES string of the molecule is CCOC(=O)/C(C)=C/c1cccc(-c2ccc(Cl)c(C(=O)OCC)c2)c1. The molecule has 0 radical (unpaired) electrons. The van der Waals surface area contributed by atoms with Crippen LogP contribution in [0.2, 0.25) is 5.02 Å². The van der Waals surface area contributed by atoms with Gasteiger partial charge in [-0.1, -0.05) is 35.9 Å². The van der Waals surface area contributed by atoms with Crippen molar-refractivity contribution in [3.8, 4) is 11.1 Å². The molecule has 0 atom stereocenters. The summed E-state index contributed by atoms with van der Waals surface area (Å²) in [7, 11) is 0. The van der Waals surface area contributed by atoms with Gasteiger partial charge in [0.05, 0.1) is 23.8 Å². The van der Waals surface area contributed by atoms with E-state index in [0.717, 1.165) is 16.7 Å². The molecule has 0 amide bonds. The van der Waals surface area contributed by atoms with Crippen LogP contribution in [-0.4, -0.2) is 25.2 Å². The van der Waals surface area contributed by atoms with Gasteiger partial charge in [-0.25, -0.2) is 9.59 Å². The lowest BCUT2D eigenvalue weighted by Crippen LogP contribution is -2.05. The van der Waals surface area contributed by atoms with Crippen LogP contribution in [0, 0.1) is 0 Å². The Labute approximate surface area is 158 Å². The maximum Gasteiger partial charge on any atom is 0.339 e. The minimum atomic E-state index is -0.450. The number of esters is 2. The predicted octanol–water partition coefficient (Wildman–Crippen LogP) is 5.15. The van der Waals surface area contributed by atoms with E-state index in [1.165, 1.54) is 0 Å². The second kappa shape index (κ2) is 9.20. The Morgan fingerprint density at radius 1 is 1.00 bits per heavy atom. The van der Waals surface area contributed by atoms with Gasteiger partial charge in [0.1, 0.15) is 0 Å². The second-order valence-electron chi connectivity index (χ2n) is 5.59. The third-order valence-corrected chi connectivity index (χ3v) is 3.99. The van der Waals surface area contributed by atoms with E-state index in [4.69, 9.17) is 21.1 Å². The Morgan fingerprint density at radius 3 is 2.38 bits per heavy atom. The molecular weight excluding hydrogens is 352 g/mol. The van der Waals surface area contributed by atoms with Crippen LogP contribution in [0.3, 0.4) is 0 Å². The number of rotatable bonds is 6. The predicted molar refractivity (Wildman–Crippen MR) is 103 cm³/mol. The van der Waals surface area contributed by atoms with Crippen molar-refractivity contribution >= 4 is 29.6 Å². The maximum atomic E-state index is 12.0. The van der Waals surface area contributed by atoms with E-state index < -0.39 is 5.97 Å². The number of hydrogen-bond acceptors (Lipinski definition) is 4. The number of halogens is 1. The molecule has 0 fully saturated rings. The number of ether oxygens (including phenoxy) is 2. The van der Waals surface area contributed by atoms with Crippen molar-refractivity contribution in [3.05, 3.63) is 64.2 Å². The van der Waals surface area contributed by atoms with Crippen LogP contribution in [0.1, 0.15) is 36.7 Å². The molecule has 2 aromatic carbocycles. The lowest BCUT2D eigenvalue weighted by atomic mass is 10.00. The summed E-state index contributed by atoms with van der Waals surface area (Å²) in [5, 5.41) is 0.349. The van der Waals surface area contributed by atoms with Crippen molar-refractivity contribution in [1.82, 2.24) is 0 Å². The Kier molecular flexibility index (Phi) is 6.98. The van der Waals surface area contributed by atoms with Gasteiger partial charge in [0.2, 0.25) is 0 Å². The summed E-state index contributed by atoms with van der Waals surface area (Å²) in [5.41, 5.74) is 3.45. The summed E-state index contributed by atoms with van der Waals surface area (Å²) in [6, 6.07) is 12.9. The van der Waals surface area contributed by atoms with Crippen molar-refractivity contribution in [2.45, 2.75) is 20.8 Å². The summed E-state index contributed by atoms with van der Waals surface area (Å²) < 4.78 is 10.0. The first-order valence-electron chi connectivity index (χ1n) is 8.38. The van der Waals surface area contributed by atoms with Crippen molar-refractivity contribution in [2.75, 3.05) is 13.2 Å². The highest BCUT2D eigenvalue weighted by molar-refractivity contribution is 6.33. The highest BCUT2D eigenvalue weighted by Crippen LogP contribution is 2.27. The number of carbonyl (C=O) groups is 2. The lowest BCUT2D eigenvalue weighted by Gasteiger charge is -2.08. The molecule has 0 aliphatic rings. The molecule has 0 bridgehead atoms. The monoisotopic (exact) mass is 372 g/mol. The molecule has 0 saturated carbocycles. The summed E-state index contributed by atoms with van der Waals surface area (Å²) in [4.78, 5) is 23.8. The van der Waals surface area contributed by atoms with E-state index in [9.17, 15) is 9.59 Å². The smallest absolute Gasteiger partial charge is 0.339 e. The van der Waals surface area contributed by atoms with Gasteiger partial charge in [-0.05, 0) is 61.7 Å². The largest absolute Gasteiger partial charge is 0.463 e. The van der Waals surface area contributed by atoms with Gasteiger partial charge < -0.3 is 9.47 Å². The van der Waals surface area contributed by atoms with Gasteiger partial charge in [0.15, 0.2) is 0 Å². The van der Waals surface area contributed by atoms with Crippen molar-refractivity contribution in [1.29, 1.82) is 0 Å². The Hall–Kier alpha value is -2.59. The summed E-state index contributed by atoms with van der Waals surface area (Å²) in [5.74, 6) is -0.789. The van der Waals surface area contributed by atoms with Crippen LogP contribution in [0.15, 0.2) is 48.0 Å². The molecule has 0 saturated heterocycles. The van der Waals surface area contributed by atoms with Gasteiger partial charge in [0, 0.05) is 5.57 Å². The Bertz CT molecular complexity index is 840. The molecule has 0 aliphatic carbocycles. The van der Waals surface area contributed by atoms with Crippen molar-refractivity contribution in [2.24, 2.45) is 0 Å². The molecule has 2 rings (SSSR count). The quantitative estimate of drug-likeness (QED) is 0.519. The van der Waals surface area contributed by atoms with Gasteiger partial charge in [0.25, 0.3) is 0 Å². The lowest BCUT2D eigenvalue weighted by molar-refractivity contribution is -0.138. The fraction of sp³-hybridized carbons (Fsp3) is 0.238. The molecule has 2 aromatic rings. The minimum Gasteiger partial charge on any atom is -0.463 e. The zero-order valence-electron chi connectivity index (χ0n) is 15.0. The van der Waals surface area contributed by atoms with Gasteiger partial charge in [-0.3, -0.25) is 0 Å². The normalized spacial score (nSPS) is 11.2. The standard InChI is InChI=1S/C21H21ClO4/c1-4-25-20(23)14(3)11-15-7-6-8-16(12-15)17-9-10-19(22)18(13-17)21(24)26-5-2/h6-13H,4-5H2,1-3H3/b14-11+. The fourth-order valence-electron chi connectivity index (χ4n) is 2.43. The molecule has 136 valence electrons. The summed E-state index contributed by atoms with van der Waals surface area (Å²) >= 11 is 6.12. The third kappa shape index (κ3) is 4.96. The highest BCUT2D eigenvalue weighted by atomic mass is 35.5. The van der Waals surface area contributed by atoms with Crippen LogP contribution >= 0.6 is 11.6 Å². The van der Waals surface area contributed by atoms with Crippen molar-refractivity contribution in [3.63, 3.8) is 0 Å². The zero-order chi connectivity index (χ0) is 19.1. The first-order chi connectivity index (χ1) is 12.5. The van der Waals surface area contributed by atoms with E-state index in [2.05, 4.69) is 0 Å². The first kappa shape index (κ1) is 19.7. The number of benzene rings is 2. The molecule has 0 aliphatic heterocycles. The Balaban J connectivity index is 2.36. The maximum absolute atomic E-state index is 12.0. The van der Waals surface area contributed by atoms with Gasteiger partial charge in [-0.15, -0.1) is 0 Å². The van der Waals surface area contributed by atoms with Crippen LogP contribution in [0.25, 0.3) is 17.2 Å². The van der Waals surface area contributed by atoms with Crippen molar-refractivity contribution < 1.29 is 19.1 Å². The molecule has 0 unspecified atom stereocenters. The molecule has 26 heavy (non-hydrogen) atoms. The molecule has 0 heterocycles. The molecule has 0 spiro atoms. The number of hydrogen-bond donors (Lipinski definition) is 0. The summed E-state index contributed by atoms with van der Waals surface area (Å²) in [6.45, 7) is 5.86. The topological polar surface area (TPSA) is 52.6 Å². The van der Waals surface area contributed by atoms with Crippen LogP contribution in [0.4, 0.5) is 0 Å². The van der Waals surface area contributed by atoms with E-state index in [1.807, 2.05) is 30.3 Å². The Morgan fingerprint density at radius 2 is 1.69 bits per heavy atom. The molecule has 4 nitrogen and oxygen atoms in total. The zero-order valence-corrected chi connectivity index (χ0v) is 15.8. The highest BCUT2D eigenvalue weighted by Gasteiger charge is 2.13. The van der Waals surface area contributed by atoms with E-state index in [1.54, 1.807) is 39.0 Å². The van der Waals surface area contributed by atoms with Crippen LogP contribution < -0.4 is 0 Å². The second-order valence-corrected chi connectivity index (χ2v) is 6.00. The average Bonchev–Trinajstić information content (AvgIpc) is 2.62. The third-order valence-electron chi connectivity index (χ3n) is 3.66. The van der Waals surface area contributed by atoms with E-state index >= 15 is 0 Å². The van der Waals surface area contributed by atoms with E-state index in [0.29, 0.717) is 22.8 Å². The molecule has 5 heteroatoms. The molecule has 0 N–H and O–H groups in total. The first-order valence-corrected chi connectivity index (χ1v) is 8.76. The summed E-state index contributed by atoms with van der Waals surface area (Å²) in [6.07, 6.45) is 1.77. The van der Waals surface area contributed by atoms with Gasteiger partial charge in [-0.2, -0.15) is 0 Å². The van der Waals surface area contributed by atoms with Gasteiger partial charge >= 0.3 is 11.9 Å². The molecular formula is C21H21ClO4. The van der Waals surface area contributed by atoms with E-state index in [-0.39, 0.29) is 12.6 Å². The minimum absolute atomic E-state index is 0.285.